The van der Waals surface area contributed by atoms with Gasteiger partial charge in [-0.15, -0.1) is 0 Å². The van der Waals surface area contributed by atoms with Crippen molar-refractivity contribution in [3.63, 3.8) is 0 Å². The molecule has 0 atom stereocenters. The first kappa shape index (κ1) is 19.9. The van der Waals surface area contributed by atoms with Crippen molar-refractivity contribution in [2.75, 3.05) is 37.6 Å². The van der Waals surface area contributed by atoms with Crippen molar-refractivity contribution in [1.82, 2.24) is 4.90 Å². The number of piperazine rings is 1. The molecule has 0 spiro atoms. The lowest BCUT2D eigenvalue weighted by Crippen LogP contribution is -2.46. The van der Waals surface area contributed by atoms with Crippen LogP contribution < -0.4 is 4.90 Å². The Labute approximate surface area is 160 Å². The van der Waals surface area contributed by atoms with Crippen LogP contribution in [0.25, 0.3) is 6.08 Å². The summed E-state index contributed by atoms with van der Waals surface area (Å²) < 4.78 is 38.6. The monoisotopic (exact) mass is 391 g/mol. The van der Waals surface area contributed by atoms with Crippen LogP contribution in [0.1, 0.15) is 11.1 Å². The Morgan fingerprint density at radius 2 is 1.75 bits per heavy atom. The quantitative estimate of drug-likeness (QED) is 0.558. The fraction of sp³-hybridized carbons (Fsp3) is 0.300. The minimum atomic E-state index is -4.34. The third-order valence-corrected chi connectivity index (χ3v) is 4.71. The fourth-order valence-corrected chi connectivity index (χ4v) is 3.19. The fourth-order valence-electron chi connectivity index (χ4n) is 3.19. The van der Waals surface area contributed by atoms with Gasteiger partial charge in [0.1, 0.15) is 0 Å². The number of rotatable bonds is 5. The van der Waals surface area contributed by atoms with Crippen LogP contribution in [0.3, 0.4) is 0 Å². The highest BCUT2D eigenvalue weighted by Crippen LogP contribution is 2.31. The maximum atomic E-state index is 12.9. The summed E-state index contributed by atoms with van der Waals surface area (Å²) in [4.78, 5) is 14.7. The number of nitro benzene ring substituents is 1. The van der Waals surface area contributed by atoms with Gasteiger partial charge in [-0.3, -0.25) is 15.0 Å². The van der Waals surface area contributed by atoms with Crippen molar-refractivity contribution in [2.24, 2.45) is 0 Å². The molecule has 0 radical (unpaired) electrons. The average Bonchev–Trinajstić information content (AvgIpc) is 2.68. The van der Waals surface area contributed by atoms with E-state index in [2.05, 4.69) is 4.90 Å². The Kier molecular flexibility index (Phi) is 5.99. The zero-order valence-electron chi connectivity index (χ0n) is 15.1. The summed E-state index contributed by atoms with van der Waals surface area (Å²) in [6.07, 6.45) is -0.734. The Morgan fingerprint density at radius 3 is 2.43 bits per heavy atom. The normalized spacial score (nSPS) is 15.9. The number of nitrogens with zero attached hydrogens (tertiary/aromatic N) is 3. The summed E-state index contributed by atoms with van der Waals surface area (Å²) in [6.45, 7) is 3.29. The van der Waals surface area contributed by atoms with E-state index in [9.17, 15) is 23.3 Å². The van der Waals surface area contributed by atoms with Crippen molar-refractivity contribution in [2.45, 2.75) is 6.18 Å². The molecule has 8 heteroatoms. The van der Waals surface area contributed by atoms with Gasteiger partial charge in [-0.05, 0) is 24.3 Å². The average molecular weight is 391 g/mol. The molecule has 28 heavy (non-hydrogen) atoms. The highest BCUT2D eigenvalue weighted by molar-refractivity contribution is 5.60. The molecule has 0 aromatic heterocycles. The lowest BCUT2D eigenvalue weighted by molar-refractivity contribution is -0.385. The molecule has 1 fully saturated rings. The number of halogens is 3. The van der Waals surface area contributed by atoms with Crippen LogP contribution in [0, 0.1) is 10.1 Å². The van der Waals surface area contributed by atoms with Crippen LogP contribution in [0.15, 0.2) is 54.6 Å². The molecule has 2 aromatic rings. The first-order valence-corrected chi connectivity index (χ1v) is 8.89. The molecule has 1 aliphatic heterocycles. The van der Waals surface area contributed by atoms with Crippen molar-refractivity contribution >= 4 is 17.5 Å². The van der Waals surface area contributed by atoms with Crippen LogP contribution in [0.5, 0.6) is 0 Å². The van der Waals surface area contributed by atoms with Crippen molar-refractivity contribution < 1.29 is 18.1 Å². The zero-order chi connectivity index (χ0) is 20.1. The maximum Gasteiger partial charge on any atom is 0.416 e. The Morgan fingerprint density at radius 1 is 1.04 bits per heavy atom. The van der Waals surface area contributed by atoms with Crippen LogP contribution in [0.2, 0.25) is 0 Å². The number of para-hydroxylation sites is 1. The molecule has 1 saturated heterocycles. The number of anilines is 1. The summed E-state index contributed by atoms with van der Waals surface area (Å²) in [5, 5.41) is 11.0. The van der Waals surface area contributed by atoms with Gasteiger partial charge in [0.25, 0.3) is 5.69 Å². The van der Waals surface area contributed by atoms with Gasteiger partial charge in [-0.1, -0.05) is 30.4 Å². The van der Waals surface area contributed by atoms with E-state index in [0.717, 1.165) is 6.07 Å². The highest BCUT2D eigenvalue weighted by atomic mass is 19.4. The molecule has 5 nitrogen and oxygen atoms in total. The molecule has 0 amide bonds. The molecule has 3 rings (SSSR count). The number of benzene rings is 2. The lowest BCUT2D eigenvalue weighted by Gasteiger charge is -2.35. The number of alkyl halides is 3. The molecule has 0 N–H and O–H groups in total. The summed E-state index contributed by atoms with van der Waals surface area (Å²) in [7, 11) is 0. The topological polar surface area (TPSA) is 49.6 Å². The molecule has 0 saturated carbocycles. The summed E-state index contributed by atoms with van der Waals surface area (Å²) in [6, 6.07) is 11.9. The van der Waals surface area contributed by atoms with E-state index in [1.165, 1.54) is 18.2 Å². The van der Waals surface area contributed by atoms with Crippen LogP contribution in [-0.2, 0) is 6.18 Å². The second kappa shape index (κ2) is 8.43. The first-order chi connectivity index (χ1) is 13.3. The SMILES string of the molecule is O=[N+]([O-])c1ccccc1C=CCN1CCN(c2cccc(C(F)(F)F)c2)CC1. The summed E-state index contributed by atoms with van der Waals surface area (Å²) >= 11 is 0. The molecule has 1 aliphatic rings. The standard InChI is InChI=1S/C20H20F3N3O2/c21-20(22,23)17-7-3-8-18(15-17)25-13-11-24(12-14-25)10-4-6-16-5-1-2-9-19(16)26(27)28/h1-9,15H,10-14H2. The molecule has 0 bridgehead atoms. The highest BCUT2D eigenvalue weighted by Gasteiger charge is 2.31. The van der Waals surface area contributed by atoms with Gasteiger partial charge in [0.15, 0.2) is 0 Å². The van der Waals surface area contributed by atoms with Crippen LogP contribution in [-0.4, -0.2) is 42.5 Å². The van der Waals surface area contributed by atoms with E-state index in [4.69, 9.17) is 0 Å². The second-order valence-electron chi connectivity index (χ2n) is 6.55. The zero-order valence-corrected chi connectivity index (χ0v) is 15.1. The second-order valence-corrected chi connectivity index (χ2v) is 6.55. The van der Waals surface area contributed by atoms with E-state index in [0.29, 0.717) is 44.0 Å². The molecule has 2 aromatic carbocycles. The Balaban J connectivity index is 1.56. The van der Waals surface area contributed by atoms with E-state index in [1.807, 2.05) is 11.0 Å². The minimum absolute atomic E-state index is 0.0631. The Bertz CT molecular complexity index is 860. The molecule has 0 aliphatic carbocycles. The van der Waals surface area contributed by atoms with Crippen molar-refractivity contribution in [3.05, 3.63) is 75.8 Å². The molecule has 0 unspecified atom stereocenters. The smallest absolute Gasteiger partial charge is 0.369 e. The van der Waals surface area contributed by atoms with E-state index in [1.54, 1.807) is 30.3 Å². The van der Waals surface area contributed by atoms with E-state index < -0.39 is 16.7 Å². The van der Waals surface area contributed by atoms with Crippen molar-refractivity contribution in [1.29, 1.82) is 0 Å². The maximum absolute atomic E-state index is 12.9. The van der Waals surface area contributed by atoms with Crippen LogP contribution >= 0.6 is 0 Å². The van der Waals surface area contributed by atoms with Crippen LogP contribution in [0.4, 0.5) is 24.5 Å². The Hall–Kier alpha value is -2.87. The van der Waals surface area contributed by atoms with Gasteiger partial charge in [-0.25, -0.2) is 0 Å². The van der Waals surface area contributed by atoms with Gasteiger partial charge in [0, 0.05) is 44.5 Å². The van der Waals surface area contributed by atoms with Crippen molar-refractivity contribution in [3.8, 4) is 0 Å². The first-order valence-electron chi connectivity index (χ1n) is 8.89. The molecular weight excluding hydrogens is 371 g/mol. The predicted octanol–water partition coefficient (Wildman–Crippen LogP) is 4.45. The predicted molar refractivity (Wildman–Crippen MR) is 102 cm³/mol. The van der Waals surface area contributed by atoms with Gasteiger partial charge in [0.2, 0.25) is 0 Å². The molecule has 1 heterocycles. The summed E-state index contributed by atoms with van der Waals surface area (Å²) in [5.41, 5.74) is 0.549. The van der Waals surface area contributed by atoms with Gasteiger partial charge in [-0.2, -0.15) is 13.2 Å². The number of nitro groups is 1. The van der Waals surface area contributed by atoms with Gasteiger partial charge < -0.3 is 4.90 Å². The third kappa shape index (κ3) is 4.89. The third-order valence-electron chi connectivity index (χ3n) is 4.71. The van der Waals surface area contributed by atoms with E-state index >= 15 is 0 Å². The lowest BCUT2D eigenvalue weighted by atomic mass is 10.1. The van der Waals surface area contributed by atoms with E-state index in [-0.39, 0.29) is 5.69 Å². The summed E-state index contributed by atoms with van der Waals surface area (Å²) in [5.74, 6) is 0. The van der Waals surface area contributed by atoms with Gasteiger partial charge in [0.05, 0.1) is 16.1 Å². The van der Waals surface area contributed by atoms with Gasteiger partial charge >= 0.3 is 6.18 Å². The largest absolute Gasteiger partial charge is 0.416 e. The molecular formula is C20H20F3N3O2. The molecule has 148 valence electrons. The minimum Gasteiger partial charge on any atom is -0.369 e. The number of hydrogen-bond acceptors (Lipinski definition) is 4. The number of hydrogen-bond donors (Lipinski definition) is 0.